The lowest BCUT2D eigenvalue weighted by atomic mass is 9.79. The molecule has 0 saturated heterocycles. The lowest BCUT2D eigenvalue weighted by molar-refractivity contribution is -0.138. The van der Waals surface area contributed by atoms with Gasteiger partial charge in [0.05, 0.1) is 13.5 Å². The molecule has 0 saturated carbocycles. The van der Waals surface area contributed by atoms with Crippen molar-refractivity contribution >= 4 is 5.97 Å². The zero-order valence-electron chi connectivity index (χ0n) is 9.90. The van der Waals surface area contributed by atoms with Gasteiger partial charge in [-0.2, -0.15) is 0 Å². The lowest BCUT2D eigenvalue weighted by Gasteiger charge is -2.27. The molecule has 17 heavy (non-hydrogen) atoms. The maximum Gasteiger partial charge on any atom is 0.304 e. The van der Waals surface area contributed by atoms with Gasteiger partial charge in [0.2, 0.25) is 0 Å². The molecule has 4 heteroatoms. The van der Waals surface area contributed by atoms with E-state index >= 15 is 0 Å². The van der Waals surface area contributed by atoms with E-state index in [0.29, 0.717) is 6.54 Å². The van der Waals surface area contributed by atoms with E-state index in [2.05, 4.69) is 0 Å². The number of nitrogens with two attached hydrogens (primary N) is 1. The fraction of sp³-hybridized carbons (Fsp3) is 0.462. The summed E-state index contributed by atoms with van der Waals surface area (Å²) in [5.74, 6) is 0.0195. The number of rotatable bonds is 4. The lowest BCUT2D eigenvalue weighted by Crippen LogP contribution is -2.35. The standard InChI is InChI=1S/C13H17NO3/c1-17-10-2-3-11-9(6-10)4-5-13(11,8-14)7-12(15)16/h2-3,6H,4-5,7-8,14H2,1H3,(H,15,16). The molecule has 92 valence electrons. The summed E-state index contributed by atoms with van der Waals surface area (Å²) in [4.78, 5) is 11.0. The normalized spacial score (nSPS) is 22.2. The molecule has 1 aromatic rings. The van der Waals surface area contributed by atoms with Gasteiger partial charge >= 0.3 is 5.97 Å². The van der Waals surface area contributed by atoms with Crippen molar-refractivity contribution in [2.24, 2.45) is 5.73 Å². The summed E-state index contributed by atoms with van der Waals surface area (Å²) in [5, 5.41) is 9.02. The number of aryl methyl sites for hydroxylation is 1. The molecule has 0 aliphatic heterocycles. The molecule has 0 aromatic heterocycles. The Morgan fingerprint density at radius 2 is 2.35 bits per heavy atom. The van der Waals surface area contributed by atoms with Gasteiger partial charge in [0.25, 0.3) is 0 Å². The first-order chi connectivity index (χ1) is 8.11. The van der Waals surface area contributed by atoms with Crippen molar-refractivity contribution < 1.29 is 14.6 Å². The van der Waals surface area contributed by atoms with E-state index in [0.717, 1.165) is 29.7 Å². The number of fused-ring (bicyclic) bond motifs is 1. The molecule has 1 aromatic carbocycles. The zero-order valence-corrected chi connectivity index (χ0v) is 9.90. The average Bonchev–Trinajstić information content (AvgIpc) is 2.67. The molecule has 2 rings (SSSR count). The molecule has 0 amide bonds. The zero-order chi connectivity index (χ0) is 12.5. The fourth-order valence-electron chi connectivity index (χ4n) is 2.69. The van der Waals surface area contributed by atoms with Gasteiger partial charge in [-0.1, -0.05) is 6.07 Å². The molecule has 1 aliphatic rings. The summed E-state index contributed by atoms with van der Waals surface area (Å²) in [6, 6.07) is 5.81. The Labute approximate surface area is 100 Å². The molecule has 0 fully saturated rings. The number of benzene rings is 1. The van der Waals surface area contributed by atoms with Crippen LogP contribution in [-0.2, 0) is 16.6 Å². The van der Waals surface area contributed by atoms with E-state index in [1.165, 1.54) is 0 Å². The molecule has 1 aliphatic carbocycles. The summed E-state index contributed by atoms with van der Waals surface area (Å²) in [6.07, 6.45) is 1.78. The Morgan fingerprint density at radius 3 is 2.94 bits per heavy atom. The van der Waals surface area contributed by atoms with Gasteiger partial charge in [0.1, 0.15) is 5.75 Å². The predicted molar refractivity (Wildman–Crippen MR) is 64.3 cm³/mol. The van der Waals surface area contributed by atoms with Crippen molar-refractivity contribution in [2.75, 3.05) is 13.7 Å². The predicted octanol–water partition coefficient (Wildman–Crippen LogP) is 1.31. The quantitative estimate of drug-likeness (QED) is 0.825. The molecule has 0 radical (unpaired) electrons. The number of carboxylic acids is 1. The second kappa shape index (κ2) is 4.37. The van der Waals surface area contributed by atoms with Crippen molar-refractivity contribution in [2.45, 2.75) is 24.7 Å². The first-order valence-electron chi connectivity index (χ1n) is 5.70. The molecule has 1 atom stereocenters. The SMILES string of the molecule is COc1ccc2c(c1)CCC2(CN)CC(=O)O. The van der Waals surface area contributed by atoms with Crippen LogP contribution in [0.1, 0.15) is 24.0 Å². The van der Waals surface area contributed by atoms with Gasteiger partial charge in [-0.25, -0.2) is 0 Å². The van der Waals surface area contributed by atoms with Crippen LogP contribution >= 0.6 is 0 Å². The van der Waals surface area contributed by atoms with Crippen LogP contribution in [0, 0.1) is 0 Å². The molecule has 4 nitrogen and oxygen atoms in total. The highest BCUT2D eigenvalue weighted by Crippen LogP contribution is 2.42. The van der Waals surface area contributed by atoms with Gasteiger partial charge in [0.15, 0.2) is 0 Å². The maximum absolute atomic E-state index is 11.0. The van der Waals surface area contributed by atoms with Crippen LogP contribution in [0.25, 0.3) is 0 Å². The van der Waals surface area contributed by atoms with E-state index in [1.807, 2.05) is 18.2 Å². The van der Waals surface area contributed by atoms with Crippen LogP contribution in [0.15, 0.2) is 18.2 Å². The Hall–Kier alpha value is -1.55. The summed E-state index contributed by atoms with van der Waals surface area (Å²) >= 11 is 0. The molecular formula is C13H17NO3. The van der Waals surface area contributed by atoms with E-state index in [-0.39, 0.29) is 6.42 Å². The summed E-state index contributed by atoms with van der Waals surface area (Å²) in [7, 11) is 1.63. The summed E-state index contributed by atoms with van der Waals surface area (Å²) < 4.78 is 5.17. The second-order valence-corrected chi connectivity index (χ2v) is 4.58. The molecule has 1 unspecified atom stereocenters. The molecule has 0 heterocycles. The maximum atomic E-state index is 11.0. The first kappa shape index (κ1) is 11.9. The van der Waals surface area contributed by atoms with Gasteiger partial charge in [-0.05, 0) is 36.1 Å². The number of methoxy groups -OCH3 is 1. The van der Waals surface area contributed by atoms with Crippen molar-refractivity contribution in [3.63, 3.8) is 0 Å². The number of carbonyl (C=O) groups is 1. The molecule has 3 N–H and O–H groups in total. The van der Waals surface area contributed by atoms with E-state index in [9.17, 15) is 4.79 Å². The number of ether oxygens (including phenoxy) is 1. The van der Waals surface area contributed by atoms with Crippen LogP contribution < -0.4 is 10.5 Å². The first-order valence-corrected chi connectivity index (χ1v) is 5.70. The van der Waals surface area contributed by atoms with Crippen LogP contribution in [-0.4, -0.2) is 24.7 Å². The minimum atomic E-state index is -0.792. The third-order valence-electron chi connectivity index (χ3n) is 3.64. The van der Waals surface area contributed by atoms with Crippen LogP contribution in [0.4, 0.5) is 0 Å². The average molecular weight is 235 g/mol. The van der Waals surface area contributed by atoms with E-state index < -0.39 is 11.4 Å². The second-order valence-electron chi connectivity index (χ2n) is 4.58. The third kappa shape index (κ3) is 2.00. The Balaban J connectivity index is 2.40. The third-order valence-corrected chi connectivity index (χ3v) is 3.64. The monoisotopic (exact) mass is 235 g/mol. The summed E-state index contributed by atoms with van der Waals surface area (Å²) in [6.45, 7) is 0.374. The van der Waals surface area contributed by atoms with Crippen LogP contribution in [0.2, 0.25) is 0 Å². The van der Waals surface area contributed by atoms with Gasteiger partial charge in [-0.3, -0.25) is 4.79 Å². The number of hydrogen-bond acceptors (Lipinski definition) is 3. The van der Waals surface area contributed by atoms with Crippen LogP contribution in [0.3, 0.4) is 0 Å². The number of aliphatic carboxylic acids is 1. The number of hydrogen-bond donors (Lipinski definition) is 2. The van der Waals surface area contributed by atoms with Crippen molar-refractivity contribution in [1.82, 2.24) is 0 Å². The topological polar surface area (TPSA) is 72.5 Å². The Bertz CT molecular complexity index is 444. The highest BCUT2D eigenvalue weighted by molar-refractivity contribution is 5.70. The van der Waals surface area contributed by atoms with Gasteiger partial charge in [-0.15, -0.1) is 0 Å². The highest BCUT2D eigenvalue weighted by atomic mass is 16.5. The minimum absolute atomic E-state index is 0.100. The highest BCUT2D eigenvalue weighted by Gasteiger charge is 2.39. The van der Waals surface area contributed by atoms with E-state index in [1.54, 1.807) is 7.11 Å². The minimum Gasteiger partial charge on any atom is -0.497 e. The largest absolute Gasteiger partial charge is 0.497 e. The van der Waals surface area contributed by atoms with Crippen molar-refractivity contribution in [3.05, 3.63) is 29.3 Å². The smallest absolute Gasteiger partial charge is 0.304 e. The molecule has 0 bridgehead atoms. The number of carboxylic acid groups (broad SMARTS) is 1. The fourth-order valence-corrected chi connectivity index (χ4v) is 2.69. The Morgan fingerprint density at radius 1 is 1.59 bits per heavy atom. The van der Waals surface area contributed by atoms with Gasteiger partial charge in [0, 0.05) is 12.0 Å². The molecule has 0 spiro atoms. The van der Waals surface area contributed by atoms with Crippen molar-refractivity contribution in [1.29, 1.82) is 0 Å². The van der Waals surface area contributed by atoms with Gasteiger partial charge < -0.3 is 15.6 Å². The van der Waals surface area contributed by atoms with Crippen molar-refractivity contribution in [3.8, 4) is 5.75 Å². The molecular weight excluding hydrogens is 218 g/mol. The Kier molecular flexibility index (Phi) is 3.07. The van der Waals surface area contributed by atoms with Crippen LogP contribution in [0.5, 0.6) is 5.75 Å². The van der Waals surface area contributed by atoms with E-state index in [4.69, 9.17) is 15.6 Å². The summed E-state index contributed by atoms with van der Waals surface area (Å²) in [5.41, 5.74) is 7.65.